The Morgan fingerprint density at radius 1 is 1.33 bits per heavy atom. The van der Waals surface area contributed by atoms with E-state index in [1.807, 2.05) is 0 Å². The number of aromatic nitrogens is 2. The summed E-state index contributed by atoms with van der Waals surface area (Å²) in [5.41, 5.74) is 1.60. The maximum atomic E-state index is 13.0. The topological polar surface area (TPSA) is 88.7 Å². The lowest BCUT2D eigenvalue weighted by atomic mass is 9.87. The number of ether oxygens (including phenoxy) is 2. The van der Waals surface area contributed by atoms with Gasteiger partial charge in [-0.05, 0) is 43.2 Å². The van der Waals surface area contributed by atoms with E-state index in [1.165, 1.54) is 19.2 Å². The zero-order valence-corrected chi connectivity index (χ0v) is 17.2. The van der Waals surface area contributed by atoms with Gasteiger partial charge in [-0.25, -0.2) is 4.52 Å². The summed E-state index contributed by atoms with van der Waals surface area (Å²) in [5, 5.41) is 13.7. The van der Waals surface area contributed by atoms with Crippen molar-refractivity contribution in [2.45, 2.75) is 25.9 Å². The summed E-state index contributed by atoms with van der Waals surface area (Å²) < 4.78 is 39.4. The number of methoxy groups -OCH3 is 1. The molecule has 10 heteroatoms. The standard InChI is InChI=1S/C20H18F2N4O3S/c1-20(2,10-23)12-4-5-14-13(8-24-26(14)9-12)11-6-15(28-3)17(18(27)25-30)16(7-11)29-19(21)22/h4-9,19,30H,1-3H3,(H,25,27). The molecule has 7 nitrogen and oxygen atoms in total. The van der Waals surface area contributed by atoms with Crippen LogP contribution < -0.4 is 14.2 Å². The molecule has 0 radical (unpaired) electrons. The van der Waals surface area contributed by atoms with Crippen LogP contribution in [0.5, 0.6) is 11.5 Å². The first-order chi connectivity index (χ1) is 14.2. The molecule has 1 amide bonds. The second kappa shape index (κ2) is 8.20. The second-order valence-corrected chi connectivity index (χ2v) is 7.14. The largest absolute Gasteiger partial charge is 0.496 e. The van der Waals surface area contributed by atoms with Crippen LogP contribution in [0.3, 0.4) is 0 Å². The number of hydrogen-bond donors (Lipinski definition) is 2. The van der Waals surface area contributed by atoms with Gasteiger partial charge in [0, 0.05) is 11.8 Å². The highest BCUT2D eigenvalue weighted by Gasteiger charge is 2.24. The van der Waals surface area contributed by atoms with Crippen LogP contribution in [0.15, 0.2) is 36.7 Å². The van der Waals surface area contributed by atoms with Crippen molar-refractivity contribution in [3.63, 3.8) is 0 Å². The van der Waals surface area contributed by atoms with Gasteiger partial charge in [-0.3, -0.25) is 9.52 Å². The smallest absolute Gasteiger partial charge is 0.387 e. The maximum Gasteiger partial charge on any atom is 0.387 e. The first-order valence-electron chi connectivity index (χ1n) is 8.72. The van der Waals surface area contributed by atoms with Gasteiger partial charge in [-0.1, -0.05) is 18.9 Å². The van der Waals surface area contributed by atoms with E-state index in [-0.39, 0.29) is 17.1 Å². The van der Waals surface area contributed by atoms with Crippen molar-refractivity contribution < 1.29 is 23.0 Å². The molecule has 1 N–H and O–H groups in total. The van der Waals surface area contributed by atoms with Gasteiger partial charge in [0.2, 0.25) is 0 Å². The quantitative estimate of drug-likeness (QED) is 0.575. The number of thiol groups is 1. The van der Waals surface area contributed by atoms with Crippen LogP contribution in [-0.4, -0.2) is 29.2 Å². The lowest BCUT2D eigenvalue weighted by Crippen LogP contribution is -2.17. The molecule has 1 aromatic carbocycles. The number of amides is 1. The predicted molar refractivity (Wildman–Crippen MR) is 109 cm³/mol. The third kappa shape index (κ3) is 3.89. The van der Waals surface area contributed by atoms with E-state index in [1.54, 1.807) is 42.9 Å². The summed E-state index contributed by atoms with van der Waals surface area (Å²) in [6, 6.07) is 8.67. The van der Waals surface area contributed by atoms with E-state index < -0.39 is 17.9 Å². The number of rotatable bonds is 6. The monoisotopic (exact) mass is 432 g/mol. The average Bonchev–Trinajstić information content (AvgIpc) is 3.15. The molecule has 0 saturated carbocycles. The average molecular weight is 432 g/mol. The minimum Gasteiger partial charge on any atom is -0.496 e. The molecule has 0 saturated heterocycles. The molecular formula is C20H18F2N4O3S. The molecule has 0 fully saturated rings. The predicted octanol–water partition coefficient (Wildman–Crippen LogP) is 3.99. The van der Waals surface area contributed by atoms with Gasteiger partial charge in [-0.15, -0.1) is 0 Å². The molecule has 3 aromatic rings. The SMILES string of the molecule is COc1cc(-c2cnn3cc(C(C)(C)C#N)ccc23)cc(OC(F)F)c1C(=O)NS. The lowest BCUT2D eigenvalue weighted by molar-refractivity contribution is -0.0502. The zero-order chi connectivity index (χ0) is 22.1. The van der Waals surface area contributed by atoms with Crippen LogP contribution in [0.4, 0.5) is 8.78 Å². The fourth-order valence-corrected chi connectivity index (χ4v) is 3.13. The Kier molecular flexibility index (Phi) is 5.85. The van der Waals surface area contributed by atoms with E-state index >= 15 is 0 Å². The summed E-state index contributed by atoms with van der Waals surface area (Å²) >= 11 is 3.69. The fourth-order valence-electron chi connectivity index (χ4n) is 3.02. The van der Waals surface area contributed by atoms with Crippen molar-refractivity contribution in [3.05, 3.63) is 47.8 Å². The molecule has 0 bridgehead atoms. The van der Waals surface area contributed by atoms with Gasteiger partial charge in [0.1, 0.15) is 17.1 Å². The van der Waals surface area contributed by atoms with Crippen molar-refractivity contribution in [2.24, 2.45) is 0 Å². The van der Waals surface area contributed by atoms with Crippen molar-refractivity contribution in [1.29, 1.82) is 5.26 Å². The number of carbonyl (C=O) groups is 1. The second-order valence-electron chi connectivity index (χ2n) is 6.91. The van der Waals surface area contributed by atoms with Gasteiger partial charge in [-0.2, -0.15) is 19.1 Å². The molecule has 2 heterocycles. The highest BCUT2D eigenvalue weighted by molar-refractivity contribution is 7.78. The number of alkyl halides is 2. The van der Waals surface area contributed by atoms with E-state index in [0.717, 1.165) is 5.56 Å². The lowest BCUT2D eigenvalue weighted by Gasteiger charge is -2.16. The van der Waals surface area contributed by atoms with Gasteiger partial charge >= 0.3 is 6.61 Å². The summed E-state index contributed by atoms with van der Waals surface area (Å²) in [6.45, 7) is 0.446. The number of fused-ring (bicyclic) bond motifs is 1. The Balaban J connectivity index is 2.19. The van der Waals surface area contributed by atoms with Gasteiger partial charge in [0.25, 0.3) is 5.91 Å². The van der Waals surface area contributed by atoms with Crippen LogP contribution in [-0.2, 0) is 5.41 Å². The molecule has 0 aliphatic carbocycles. The first-order valence-corrected chi connectivity index (χ1v) is 9.17. The molecule has 156 valence electrons. The number of carbonyl (C=O) groups excluding carboxylic acids is 1. The van der Waals surface area contributed by atoms with Crippen LogP contribution in [0.25, 0.3) is 16.6 Å². The molecule has 0 unspecified atom stereocenters. The Morgan fingerprint density at radius 3 is 2.63 bits per heavy atom. The van der Waals surface area contributed by atoms with Crippen molar-refractivity contribution in [3.8, 4) is 28.7 Å². The third-order valence-corrected chi connectivity index (χ3v) is 4.86. The number of hydrogen-bond acceptors (Lipinski definition) is 6. The third-order valence-electron chi connectivity index (χ3n) is 4.66. The van der Waals surface area contributed by atoms with Crippen LogP contribution in [0.2, 0.25) is 0 Å². The summed E-state index contributed by atoms with van der Waals surface area (Å²) in [5.74, 6) is -1.07. The Morgan fingerprint density at radius 2 is 2.03 bits per heavy atom. The highest BCUT2D eigenvalue weighted by atomic mass is 32.1. The van der Waals surface area contributed by atoms with Crippen LogP contribution in [0.1, 0.15) is 29.8 Å². The normalized spacial score (nSPS) is 11.4. The summed E-state index contributed by atoms with van der Waals surface area (Å²) in [4.78, 5) is 12.1. The molecule has 0 aliphatic heterocycles. The van der Waals surface area contributed by atoms with Crippen LogP contribution in [0, 0.1) is 11.3 Å². The first kappa shape index (κ1) is 21.4. The maximum absolute atomic E-state index is 13.0. The molecule has 0 atom stereocenters. The Hall–Kier alpha value is -3.32. The summed E-state index contributed by atoms with van der Waals surface area (Å²) in [6.07, 6.45) is 3.29. The molecule has 0 spiro atoms. The van der Waals surface area contributed by atoms with Crippen molar-refractivity contribution in [1.82, 2.24) is 14.3 Å². The van der Waals surface area contributed by atoms with E-state index in [9.17, 15) is 18.8 Å². The fraction of sp³-hybridized carbons (Fsp3) is 0.250. The minimum atomic E-state index is -3.14. The molecule has 0 aliphatic rings. The number of pyridine rings is 1. The Bertz CT molecular complexity index is 1150. The highest BCUT2D eigenvalue weighted by Crippen LogP contribution is 2.37. The number of nitrogens with one attached hydrogen (secondary N) is 1. The minimum absolute atomic E-state index is 0.0382. The van der Waals surface area contributed by atoms with E-state index in [0.29, 0.717) is 16.6 Å². The van der Waals surface area contributed by atoms with E-state index in [2.05, 4.69) is 33.4 Å². The number of benzene rings is 1. The van der Waals surface area contributed by atoms with Gasteiger partial charge in [0.15, 0.2) is 0 Å². The van der Waals surface area contributed by atoms with Gasteiger partial charge < -0.3 is 9.47 Å². The zero-order valence-electron chi connectivity index (χ0n) is 16.3. The van der Waals surface area contributed by atoms with Crippen molar-refractivity contribution in [2.75, 3.05) is 7.11 Å². The van der Waals surface area contributed by atoms with E-state index in [4.69, 9.17) is 4.74 Å². The van der Waals surface area contributed by atoms with Gasteiger partial charge in [0.05, 0.1) is 30.3 Å². The molecular weight excluding hydrogens is 414 g/mol. The summed E-state index contributed by atoms with van der Waals surface area (Å²) in [7, 11) is 1.31. The number of halogens is 2. The van der Waals surface area contributed by atoms with Crippen molar-refractivity contribution >= 4 is 24.2 Å². The number of nitriles is 1. The molecule has 3 rings (SSSR count). The molecule has 2 aromatic heterocycles. The Labute approximate surface area is 176 Å². The number of nitrogens with zero attached hydrogens (tertiary/aromatic N) is 3. The molecule has 30 heavy (non-hydrogen) atoms. The van der Waals surface area contributed by atoms with Crippen LogP contribution >= 0.6 is 12.8 Å².